The highest BCUT2D eigenvalue weighted by atomic mass is 79.9. The van der Waals surface area contributed by atoms with Crippen molar-refractivity contribution >= 4 is 27.3 Å². The van der Waals surface area contributed by atoms with Crippen LogP contribution in [-0.4, -0.2) is 7.05 Å². The molecule has 0 aliphatic heterocycles. The van der Waals surface area contributed by atoms with Crippen LogP contribution in [0.4, 0.5) is 0 Å². The van der Waals surface area contributed by atoms with Crippen molar-refractivity contribution in [3.8, 4) is 0 Å². The average molecular weight is 300 g/mol. The van der Waals surface area contributed by atoms with Crippen LogP contribution in [0.25, 0.3) is 0 Å². The topological polar surface area (TPSA) is 25.2 Å². The monoisotopic (exact) mass is 299 g/mol. The minimum absolute atomic E-state index is 0.343. The Morgan fingerprint density at radius 1 is 1.50 bits per heavy atom. The number of rotatable bonds is 5. The molecule has 86 valence electrons. The first-order valence-corrected chi connectivity index (χ1v) is 6.91. The second-order valence-electron chi connectivity index (χ2n) is 3.61. The van der Waals surface area contributed by atoms with E-state index in [4.69, 9.17) is 4.42 Å². The maximum Gasteiger partial charge on any atom is 0.173 e. The molecule has 2 rings (SSSR count). The van der Waals surface area contributed by atoms with E-state index in [0.717, 1.165) is 17.5 Å². The predicted octanol–water partition coefficient (Wildman–Crippen LogP) is 4.00. The second-order valence-corrected chi connectivity index (χ2v) is 5.36. The van der Waals surface area contributed by atoms with E-state index >= 15 is 0 Å². The fourth-order valence-electron chi connectivity index (χ4n) is 1.75. The predicted molar refractivity (Wildman–Crippen MR) is 70.8 cm³/mol. The lowest BCUT2D eigenvalue weighted by molar-refractivity contribution is 0.506. The van der Waals surface area contributed by atoms with Gasteiger partial charge in [0.05, 0.1) is 6.26 Å². The van der Waals surface area contributed by atoms with Crippen molar-refractivity contribution in [1.29, 1.82) is 0 Å². The lowest BCUT2D eigenvalue weighted by Gasteiger charge is -2.14. The molecule has 0 bridgehead atoms. The standard InChI is InChI=1S/C12H14BrNOS/c1-14-11(10-6-7-15-12(10)13)5-4-9-3-2-8-16-9/h2-3,6-8,11,14H,4-5H2,1H3. The Hall–Kier alpha value is -0.580. The summed E-state index contributed by atoms with van der Waals surface area (Å²) in [5, 5.41) is 5.44. The van der Waals surface area contributed by atoms with Crippen LogP contribution in [0.5, 0.6) is 0 Å². The molecular formula is C12H14BrNOS. The minimum atomic E-state index is 0.343. The van der Waals surface area contributed by atoms with Crippen molar-refractivity contribution in [1.82, 2.24) is 5.32 Å². The van der Waals surface area contributed by atoms with Gasteiger partial charge in [-0.2, -0.15) is 0 Å². The summed E-state index contributed by atoms with van der Waals surface area (Å²) in [5.41, 5.74) is 1.19. The molecule has 0 amide bonds. The van der Waals surface area contributed by atoms with Crippen LogP contribution < -0.4 is 5.32 Å². The van der Waals surface area contributed by atoms with E-state index in [1.165, 1.54) is 10.4 Å². The molecule has 0 saturated heterocycles. The molecule has 1 atom stereocenters. The van der Waals surface area contributed by atoms with Crippen LogP contribution in [0.1, 0.15) is 22.9 Å². The summed E-state index contributed by atoms with van der Waals surface area (Å²) in [7, 11) is 1.98. The first-order valence-electron chi connectivity index (χ1n) is 5.24. The van der Waals surface area contributed by atoms with Crippen molar-refractivity contribution in [2.24, 2.45) is 0 Å². The van der Waals surface area contributed by atoms with Gasteiger partial charge in [0.25, 0.3) is 0 Å². The Labute approximate surface area is 108 Å². The smallest absolute Gasteiger partial charge is 0.173 e. The van der Waals surface area contributed by atoms with Crippen molar-refractivity contribution in [3.05, 3.63) is 45.0 Å². The number of hydrogen-bond donors (Lipinski definition) is 1. The van der Waals surface area contributed by atoms with Gasteiger partial charge in [0.1, 0.15) is 0 Å². The molecule has 4 heteroatoms. The van der Waals surface area contributed by atoms with Crippen molar-refractivity contribution in [2.75, 3.05) is 7.05 Å². The van der Waals surface area contributed by atoms with Crippen molar-refractivity contribution in [2.45, 2.75) is 18.9 Å². The van der Waals surface area contributed by atoms with Crippen LogP contribution in [0.15, 0.2) is 38.9 Å². The van der Waals surface area contributed by atoms with Gasteiger partial charge in [-0.1, -0.05) is 6.07 Å². The molecule has 0 spiro atoms. The molecule has 0 fully saturated rings. The summed E-state index contributed by atoms with van der Waals surface area (Å²) in [4.78, 5) is 1.43. The highest BCUT2D eigenvalue weighted by Gasteiger charge is 2.14. The summed E-state index contributed by atoms with van der Waals surface area (Å²) in [6, 6.07) is 6.64. The summed E-state index contributed by atoms with van der Waals surface area (Å²) in [6.45, 7) is 0. The molecule has 0 saturated carbocycles. The van der Waals surface area contributed by atoms with E-state index in [2.05, 4.69) is 38.8 Å². The Bertz CT molecular complexity index is 424. The molecule has 0 aliphatic rings. The molecule has 16 heavy (non-hydrogen) atoms. The molecule has 0 aliphatic carbocycles. The summed E-state index contributed by atoms with van der Waals surface area (Å²) < 4.78 is 6.10. The van der Waals surface area contributed by atoms with E-state index in [-0.39, 0.29) is 0 Å². The largest absolute Gasteiger partial charge is 0.457 e. The molecule has 2 heterocycles. The highest BCUT2D eigenvalue weighted by molar-refractivity contribution is 9.10. The number of furan rings is 1. The van der Waals surface area contributed by atoms with E-state index < -0.39 is 0 Å². The summed E-state index contributed by atoms with van der Waals surface area (Å²) in [6.07, 6.45) is 3.89. The number of halogens is 1. The van der Waals surface area contributed by atoms with Crippen LogP contribution in [0, 0.1) is 0 Å². The third-order valence-corrected chi connectivity index (χ3v) is 4.21. The van der Waals surface area contributed by atoms with Gasteiger partial charge in [0.2, 0.25) is 0 Å². The summed E-state index contributed by atoms with van der Waals surface area (Å²) >= 11 is 5.24. The van der Waals surface area contributed by atoms with Crippen LogP contribution >= 0.6 is 27.3 Å². The molecule has 2 nitrogen and oxygen atoms in total. The highest BCUT2D eigenvalue weighted by Crippen LogP contribution is 2.28. The lowest BCUT2D eigenvalue weighted by atomic mass is 10.1. The average Bonchev–Trinajstić information content (AvgIpc) is 2.92. The van der Waals surface area contributed by atoms with E-state index in [1.807, 2.05) is 24.5 Å². The Balaban J connectivity index is 1.99. The molecule has 0 aromatic carbocycles. The van der Waals surface area contributed by atoms with Gasteiger partial charge in [0, 0.05) is 16.5 Å². The van der Waals surface area contributed by atoms with Gasteiger partial charge in [-0.15, -0.1) is 11.3 Å². The van der Waals surface area contributed by atoms with Gasteiger partial charge >= 0.3 is 0 Å². The molecule has 0 radical (unpaired) electrons. The fourth-order valence-corrected chi connectivity index (χ4v) is 2.99. The second kappa shape index (κ2) is 5.66. The number of nitrogens with one attached hydrogen (secondary N) is 1. The maximum atomic E-state index is 5.26. The molecular weight excluding hydrogens is 286 g/mol. The van der Waals surface area contributed by atoms with Gasteiger partial charge in [-0.05, 0) is 53.3 Å². The lowest BCUT2D eigenvalue weighted by Crippen LogP contribution is -2.16. The number of hydrogen-bond acceptors (Lipinski definition) is 3. The Morgan fingerprint density at radius 3 is 2.94 bits per heavy atom. The Morgan fingerprint density at radius 2 is 2.38 bits per heavy atom. The SMILES string of the molecule is CNC(CCc1cccs1)c1ccoc1Br. The molecule has 1 unspecified atom stereocenters. The molecule has 1 N–H and O–H groups in total. The Kier molecular flexibility index (Phi) is 4.21. The van der Waals surface area contributed by atoms with E-state index in [9.17, 15) is 0 Å². The van der Waals surface area contributed by atoms with E-state index in [0.29, 0.717) is 6.04 Å². The normalized spacial score (nSPS) is 12.9. The van der Waals surface area contributed by atoms with Gasteiger partial charge in [-0.3, -0.25) is 0 Å². The summed E-state index contributed by atoms with van der Waals surface area (Å²) in [5.74, 6) is 0. The minimum Gasteiger partial charge on any atom is -0.457 e. The van der Waals surface area contributed by atoms with Crippen molar-refractivity contribution < 1.29 is 4.42 Å². The zero-order valence-electron chi connectivity index (χ0n) is 9.07. The first kappa shape index (κ1) is 11.9. The zero-order valence-corrected chi connectivity index (χ0v) is 11.5. The van der Waals surface area contributed by atoms with Crippen LogP contribution in [-0.2, 0) is 6.42 Å². The van der Waals surface area contributed by atoms with Gasteiger partial charge in [-0.25, -0.2) is 0 Å². The first-order chi connectivity index (χ1) is 7.81. The third kappa shape index (κ3) is 2.75. The third-order valence-electron chi connectivity index (χ3n) is 2.63. The van der Waals surface area contributed by atoms with Gasteiger partial charge in [0.15, 0.2) is 4.67 Å². The molecule has 2 aromatic heterocycles. The zero-order chi connectivity index (χ0) is 11.4. The number of aryl methyl sites for hydroxylation is 1. The van der Waals surface area contributed by atoms with E-state index in [1.54, 1.807) is 6.26 Å². The molecule has 2 aromatic rings. The van der Waals surface area contributed by atoms with Gasteiger partial charge < -0.3 is 9.73 Å². The fraction of sp³-hybridized carbons (Fsp3) is 0.333. The maximum absolute atomic E-state index is 5.26. The van der Waals surface area contributed by atoms with Crippen LogP contribution in [0.2, 0.25) is 0 Å². The van der Waals surface area contributed by atoms with Crippen molar-refractivity contribution in [3.63, 3.8) is 0 Å². The van der Waals surface area contributed by atoms with Crippen LogP contribution in [0.3, 0.4) is 0 Å². The number of thiophene rings is 1. The quantitative estimate of drug-likeness (QED) is 0.903.